The number of sulfonamides is 1. The van der Waals surface area contributed by atoms with Crippen LogP contribution < -0.4 is 14.8 Å². The number of halogens is 1. The molecule has 0 saturated heterocycles. The van der Waals surface area contributed by atoms with Gasteiger partial charge in [0.05, 0.1) is 10.6 Å². The molecular weight excluding hydrogens is 436 g/mol. The van der Waals surface area contributed by atoms with Crippen molar-refractivity contribution in [2.75, 3.05) is 17.9 Å². The van der Waals surface area contributed by atoms with Gasteiger partial charge in [-0.05, 0) is 81.0 Å². The predicted octanol–water partition coefficient (Wildman–Crippen LogP) is 4.83. The van der Waals surface area contributed by atoms with Crippen molar-refractivity contribution in [2.24, 2.45) is 0 Å². The lowest BCUT2D eigenvalue weighted by atomic mass is 9.97. The van der Waals surface area contributed by atoms with Crippen molar-refractivity contribution in [2.45, 2.75) is 43.9 Å². The average molecular weight is 463 g/mol. The van der Waals surface area contributed by atoms with Crippen LogP contribution in [0.15, 0.2) is 59.0 Å². The fraction of sp³-hybridized carbons (Fsp3) is 0.348. The summed E-state index contributed by atoms with van der Waals surface area (Å²) in [6.45, 7) is 2.32. The third kappa shape index (κ3) is 7.01. The van der Waals surface area contributed by atoms with Crippen molar-refractivity contribution in [1.82, 2.24) is 5.32 Å². The van der Waals surface area contributed by atoms with E-state index in [9.17, 15) is 13.2 Å². The van der Waals surface area contributed by atoms with Crippen LogP contribution in [0.25, 0.3) is 0 Å². The Morgan fingerprint density at radius 2 is 1.90 bits per heavy atom. The van der Waals surface area contributed by atoms with Crippen LogP contribution in [-0.2, 0) is 14.8 Å². The number of carbonyl (C=O) groups is 1. The zero-order valence-corrected chi connectivity index (χ0v) is 19.1. The second-order valence-electron chi connectivity index (χ2n) is 7.54. The van der Waals surface area contributed by atoms with Gasteiger partial charge in [0.2, 0.25) is 0 Å². The molecule has 6 nitrogen and oxygen atoms in total. The standard InChI is InChI=1S/C23H27ClN2O4S/c1-17-7-8-19(15-22(17)24)26-31(28,29)21-11-9-20(10-12-21)30-16-23(27)25-14-13-18-5-3-2-4-6-18/h5,7-12,15,26H,2-4,6,13-14,16H2,1H3,(H,25,27). The topological polar surface area (TPSA) is 84.5 Å². The Morgan fingerprint density at radius 1 is 1.13 bits per heavy atom. The number of hydrogen-bond acceptors (Lipinski definition) is 4. The SMILES string of the molecule is Cc1ccc(NS(=O)(=O)c2ccc(OCC(=O)NCCC3=CCCCC3)cc2)cc1Cl. The van der Waals surface area contributed by atoms with Crippen molar-refractivity contribution in [1.29, 1.82) is 0 Å². The number of benzene rings is 2. The number of anilines is 1. The zero-order chi connectivity index (χ0) is 22.3. The van der Waals surface area contributed by atoms with Crippen molar-refractivity contribution >= 4 is 33.2 Å². The van der Waals surface area contributed by atoms with Crippen LogP contribution in [0.5, 0.6) is 5.75 Å². The number of amides is 1. The van der Waals surface area contributed by atoms with Crippen LogP contribution in [0, 0.1) is 6.92 Å². The van der Waals surface area contributed by atoms with Crippen LogP contribution in [0.3, 0.4) is 0 Å². The first-order valence-corrected chi connectivity index (χ1v) is 12.2. The molecule has 0 unspecified atom stereocenters. The molecule has 0 aromatic heterocycles. The maximum absolute atomic E-state index is 12.6. The van der Waals surface area contributed by atoms with E-state index in [4.69, 9.17) is 16.3 Å². The lowest BCUT2D eigenvalue weighted by molar-refractivity contribution is -0.123. The van der Waals surface area contributed by atoms with E-state index in [1.54, 1.807) is 18.2 Å². The molecule has 0 bridgehead atoms. The number of nitrogens with one attached hydrogen (secondary N) is 2. The molecule has 0 saturated carbocycles. The van der Waals surface area contributed by atoms with Gasteiger partial charge in [-0.25, -0.2) is 8.42 Å². The highest BCUT2D eigenvalue weighted by atomic mass is 35.5. The summed E-state index contributed by atoms with van der Waals surface area (Å²) in [4.78, 5) is 12.1. The van der Waals surface area contributed by atoms with E-state index in [2.05, 4.69) is 16.1 Å². The highest BCUT2D eigenvalue weighted by Gasteiger charge is 2.15. The van der Waals surface area contributed by atoms with Gasteiger partial charge >= 0.3 is 0 Å². The van der Waals surface area contributed by atoms with Gasteiger partial charge in [-0.3, -0.25) is 9.52 Å². The Hall–Kier alpha value is -2.51. The second-order valence-corrected chi connectivity index (χ2v) is 9.63. The lowest BCUT2D eigenvalue weighted by Crippen LogP contribution is -2.30. The molecule has 1 amide bonds. The van der Waals surface area contributed by atoms with E-state index in [1.807, 2.05) is 6.92 Å². The highest BCUT2D eigenvalue weighted by molar-refractivity contribution is 7.92. The molecule has 0 aliphatic heterocycles. The molecule has 3 rings (SSSR count). The molecule has 0 atom stereocenters. The third-order valence-electron chi connectivity index (χ3n) is 5.08. The number of aryl methyl sites for hydroxylation is 1. The summed E-state index contributed by atoms with van der Waals surface area (Å²) in [5.41, 5.74) is 2.66. The molecule has 166 valence electrons. The second kappa shape index (κ2) is 10.7. The first-order valence-electron chi connectivity index (χ1n) is 10.3. The van der Waals surface area contributed by atoms with Gasteiger partial charge in [0.15, 0.2) is 6.61 Å². The minimum atomic E-state index is -3.76. The maximum atomic E-state index is 12.6. The largest absolute Gasteiger partial charge is 0.484 e. The average Bonchev–Trinajstić information content (AvgIpc) is 2.76. The summed E-state index contributed by atoms with van der Waals surface area (Å²) in [5, 5.41) is 3.33. The first kappa shape index (κ1) is 23.2. The molecule has 2 N–H and O–H groups in total. The number of ether oxygens (including phenoxy) is 1. The van der Waals surface area contributed by atoms with E-state index in [-0.39, 0.29) is 17.4 Å². The fourth-order valence-corrected chi connectivity index (χ4v) is 4.51. The minimum absolute atomic E-state index is 0.0850. The van der Waals surface area contributed by atoms with Crippen molar-refractivity contribution in [3.05, 3.63) is 64.7 Å². The summed E-state index contributed by atoms with van der Waals surface area (Å²) in [7, 11) is -3.76. The molecule has 0 fully saturated rings. The number of carbonyl (C=O) groups excluding carboxylic acids is 1. The van der Waals surface area contributed by atoms with Gasteiger partial charge in [-0.1, -0.05) is 29.3 Å². The molecule has 8 heteroatoms. The molecule has 1 aliphatic carbocycles. The summed E-state index contributed by atoms with van der Waals surface area (Å²) < 4.78 is 33.1. The Kier molecular flexibility index (Phi) is 7.98. The number of rotatable bonds is 9. The van der Waals surface area contributed by atoms with Crippen molar-refractivity contribution in [3.8, 4) is 5.75 Å². The van der Waals surface area contributed by atoms with Crippen LogP contribution in [0.2, 0.25) is 5.02 Å². The quantitative estimate of drug-likeness (QED) is 0.522. The Morgan fingerprint density at radius 3 is 2.58 bits per heavy atom. The van der Waals surface area contributed by atoms with E-state index >= 15 is 0 Å². The van der Waals surface area contributed by atoms with E-state index in [0.717, 1.165) is 24.8 Å². The summed E-state index contributed by atoms with van der Waals surface area (Å²) >= 11 is 6.05. The fourth-order valence-electron chi connectivity index (χ4n) is 3.28. The number of hydrogen-bond donors (Lipinski definition) is 2. The highest BCUT2D eigenvalue weighted by Crippen LogP contribution is 2.24. The van der Waals surface area contributed by atoms with E-state index in [0.29, 0.717) is 23.0 Å². The first-order chi connectivity index (χ1) is 14.8. The Labute approximate surface area is 188 Å². The molecule has 1 aliphatic rings. The lowest BCUT2D eigenvalue weighted by Gasteiger charge is -2.13. The van der Waals surface area contributed by atoms with Crippen LogP contribution in [0.1, 0.15) is 37.7 Å². The molecule has 0 spiro atoms. The van der Waals surface area contributed by atoms with Crippen molar-refractivity contribution in [3.63, 3.8) is 0 Å². The molecule has 0 heterocycles. The van der Waals surface area contributed by atoms with E-state index in [1.165, 1.54) is 42.7 Å². The summed E-state index contributed by atoms with van der Waals surface area (Å²) in [6, 6.07) is 10.9. The predicted molar refractivity (Wildman–Crippen MR) is 123 cm³/mol. The van der Waals surface area contributed by atoms with E-state index < -0.39 is 10.0 Å². The summed E-state index contributed by atoms with van der Waals surface area (Å²) in [5.74, 6) is 0.216. The molecule has 2 aromatic carbocycles. The number of allylic oxidation sites excluding steroid dienone is 1. The minimum Gasteiger partial charge on any atom is -0.484 e. The Balaban J connectivity index is 1.48. The normalized spacial score (nSPS) is 13.9. The monoisotopic (exact) mass is 462 g/mol. The van der Waals surface area contributed by atoms with Crippen molar-refractivity contribution < 1.29 is 17.9 Å². The van der Waals surface area contributed by atoms with Crippen LogP contribution in [-0.4, -0.2) is 27.5 Å². The third-order valence-corrected chi connectivity index (χ3v) is 6.89. The maximum Gasteiger partial charge on any atom is 0.261 e. The van der Waals surface area contributed by atoms with Gasteiger partial charge in [-0.15, -0.1) is 0 Å². The molecule has 2 aromatic rings. The van der Waals surface area contributed by atoms with Gasteiger partial charge < -0.3 is 10.1 Å². The van der Waals surface area contributed by atoms with Crippen LogP contribution >= 0.6 is 11.6 Å². The van der Waals surface area contributed by atoms with Gasteiger partial charge in [-0.2, -0.15) is 0 Å². The molecule has 31 heavy (non-hydrogen) atoms. The van der Waals surface area contributed by atoms with Gasteiger partial charge in [0, 0.05) is 11.6 Å². The van der Waals surface area contributed by atoms with Crippen LogP contribution in [0.4, 0.5) is 5.69 Å². The molecule has 0 radical (unpaired) electrons. The smallest absolute Gasteiger partial charge is 0.261 e. The van der Waals surface area contributed by atoms with Gasteiger partial charge in [0.1, 0.15) is 5.75 Å². The Bertz CT molecular complexity index is 1050. The summed E-state index contributed by atoms with van der Waals surface area (Å²) in [6.07, 6.45) is 7.87. The molecular formula is C23H27ClN2O4S. The zero-order valence-electron chi connectivity index (χ0n) is 17.5. The van der Waals surface area contributed by atoms with Gasteiger partial charge in [0.25, 0.3) is 15.9 Å².